The van der Waals surface area contributed by atoms with Crippen molar-refractivity contribution in [2.24, 2.45) is 11.3 Å². The molecule has 0 N–H and O–H groups in total. The van der Waals surface area contributed by atoms with Crippen LogP contribution in [-0.4, -0.2) is 24.5 Å². The molecule has 2 unspecified atom stereocenters. The molecule has 2 heteroatoms. The van der Waals surface area contributed by atoms with Gasteiger partial charge < -0.3 is 4.90 Å². The van der Waals surface area contributed by atoms with E-state index in [4.69, 9.17) is 5.26 Å². The summed E-state index contributed by atoms with van der Waals surface area (Å²) in [5.41, 5.74) is 0.376. The number of hydrogen-bond donors (Lipinski definition) is 0. The van der Waals surface area contributed by atoms with Gasteiger partial charge in [0.05, 0.1) is 6.07 Å². The standard InChI is InChI=1S/C14H24N2/c1-12-5-3-4-6-13(12)16(2)11-14(7-8-14)9-10-15/h12-13H,3-9,11H2,1-2H3. The molecule has 16 heavy (non-hydrogen) atoms. The third kappa shape index (κ3) is 2.58. The molecule has 0 aliphatic heterocycles. The molecule has 0 bridgehead atoms. The largest absolute Gasteiger partial charge is 0.303 e. The van der Waals surface area contributed by atoms with E-state index in [0.717, 1.165) is 24.9 Å². The predicted molar refractivity (Wildman–Crippen MR) is 65.9 cm³/mol. The molecule has 0 saturated heterocycles. The minimum atomic E-state index is 0.376. The summed E-state index contributed by atoms with van der Waals surface area (Å²) in [7, 11) is 2.27. The van der Waals surface area contributed by atoms with Crippen LogP contribution in [0, 0.1) is 22.7 Å². The van der Waals surface area contributed by atoms with Crippen molar-refractivity contribution < 1.29 is 0 Å². The lowest BCUT2D eigenvalue weighted by atomic mass is 9.84. The van der Waals surface area contributed by atoms with Crippen molar-refractivity contribution in [3.05, 3.63) is 0 Å². The predicted octanol–water partition coefficient (Wildman–Crippen LogP) is 3.19. The zero-order chi connectivity index (χ0) is 11.6. The van der Waals surface area contributed by atoms with Gasteiger partial charge in [-0.05, 0) is 44.1 Å². The lowest BCUT2D eigenvalue weighted by Gasteiger charge is -2.37. The molecule has 0 heterocycles. The molecule has 0 spiro atoms. The van der Waals surface area contributed by atoms with Gasteiger partial charge in [0.1, 0.15) is 0 Å². The van der Waals surface area contributed by atoms with Gasteiger partial charge in [0.25, 0.3) is 0 Å². The Kier molecular flexibility index (Phi) is 3.54. The van der Waals surface area contributed by atoms with Gasteiger partial charge in [0.15, 0.2) is 0 Å². The van der Waals surface area contributed by atoms with E-state index in [-0.39, 0.29) is 0 Å². The summed E-state index contributed by atoms with van der Waals surface area (Å²) < 4.78 is 0. The molecule has 0 aromatic heterocycles. The first-order valence-electron chi connectivity index (χ1n) is 6.74. The highest BCUT2D eigenvalue weighted by Crippen LogP contribution is 2.49. The maximum absolute atomic E-state index is 8.85. The Morgan fingerprint density at radius 3 is 2.56 bits per heavy atom. The van der Waals surface area contributed by atoms with E-state index >= 15 is 0 Å². The van der Waals surface area contributed by atoms with E-state index < -0.39 is 0 Å². The Labute approximate surface area is 99.6 Å². The fourth-order valence-electron chi connectivity index (χ4n) is 3.33. The average Bonchev–Trinajstić information content (AvgIpc) is 2.99. The normalized spacial score (nSPS) is 32.4. The van der Waals surface area contributed by atoms with Gasteiger partial charge in [-0.3, -0.25) is 0 Å². The number of nitriles is 1. The van der Waals surface area contributed by atoms with Crippen molar-refractivity contribution in [3.63, 3.8) is 0 Å². The topological polar surface area (TPSA) is 27.0 Å². The first kappa shape index (κ1) is 11.9. The summed E-state index contributed by atoms with van der Waals surface area (Å²) in [5.74, 6) is 0.844. The van der Waals surface area contributed by atoms with Gasteiger partial charge in [0.2, 0.25) is 0 Å². The molecular weight excluding hydrogens is 196 g/mol. The molecule has 2 rings (SSSR count). The molecule has 0 radical (unpaired) electrons. The second kappa shape index (κ2) is 4.75. The van der Waals surface area contributed by atoms with Crippen LogP contribution in [0.4, 0.5) is 0 Å². The van der Waals surface area contributed by atoms with Gasteiger partial charge in [-0.1, -0.05) is 19.8 Å². The summed E-state index contributed by atoms with van der Waals surface area (Å²) in [6, 6.07) is 3.13. The zero-order valence-corrected chi connectivity index (χ0v) is 10.7. The summed E-state index contributed by atoms with van der Waals surface area (Å²) >= 11 is 0. The minimum Gasteiger partial charge on any atom is -0.303 e. The van der Waals surface area contributed by atoms with E-state index in [0.29, 0.717) is 5.41 Å². The Morgan fingerprint density at radius 2 is 2.00 bits per heavy atom. The third-order valence-corrected chi connectivity index (χ3v) is 4.63. The Bertz CT molecular complexity index is 275. The molecule has 2 nitrogen and oxygen atoms in total. The van der Waals surface area contributed by atoms with Crippen molar-refractivity contribution in [2.75, 3.05) is 13.6 Å². The lowest BCUT2D eigenvalue weighted by molar-refractivity contribution is 0.117. The van der Waals surface area contributed by atoms with Crippen LogP contribution < -0.4 is 0 Å². The van der Waals surface area contributed by atoms with Crippen LogP contribution in [-0.2, 0) is 0 Å². The van der Waals surface area contributed by atoms with Gasteiger partial charge in [-0.2, -0.15) is 5.26 Å². The van der Waals surface area contributed by atoms with Crippen molar-refractivity contribution >= 4 is 0 Å². The van der Waals surface area contributed by atoms with E-state index in [1.807, 2.05) is 0 Å². The first-order chi connectivity index (χ1) is 7.67. The van der Waals surface area contributed by atoms with Crippen molar-refractivity contribution in [3.8, 4) is 6.07 Å². The van der Waals surface area contributed by atoms with Gasteiger partial charge >= 0.3 is 0 Å². The zero-order valence-electron chi connectivity index (χ0n) is 10.7. The molecule has 2 aliphatic rings. The van der Waals surface area contributed by atoms with Crippen LogP contribution in [0.3, 0.4) is 0 Å². The molecule has 2 saturated carbocycles. The van der Waals surface area contributed by atoms with Gasteiger partial charge in [-0.25, -0.2) is 0 Å². The van der Waals surface area contributed by atoms with Crippen LogP contribution in [0.2, 0.25) is 0 Å². The van der Waals surface area contributed by atoms with Crippen LogP contribution in [0.5, 0.6) is 0 Å². The second-order valence-electron chi connectivity index (χ2n) is 6.08. The highest BCUT2D eigenvalue weighted by Gasteiger charge is 2.44. The molecule has 2 atom stereocenters. The fraction of sp³-hybridized carbons (Fsp3) is 0.929. The van der Waals surface area contributed by atoms with E-state index in [9.17, 15) is 0 Å². The van der Waals surface area contributed by atoms with Crippen molar-refractivity contribution in [2.45, 2.75) is 57.9 Å². The Balaban J connectivity index is 1.87. The number of hydrogen-bond acceptors (Lipinski definition) is 2. The average molecular weight is 220 g/mol. The molecule has 2 fully saturated rings. The number of rotatable bonds is 4. The lowest BCUT2D eigenvalue weighted by Crippen LogP contribution is -2.41. The highest BCUT2D eigenvalue weighted by atomic mass is 15.1. The quantitative estimate of drug-likeness (QED) is 0.727. The maximum Gasteiger partial charge on any atom is 0.0628 e. The molecule has 0 amide bonds. The molecule has 90 valence electrons. The van der Waals surface area contributed by atoms with E-state index in [1.165, 1.54) is 38.5 Å². The SMILES string of the molecule is CC1CCCCC1N(C)CC1(CC#N)CC1. The smallest absolute Gasteiger partial charge is 0.0628 e. The summed E-state index contributed by atoms with van der Waals surface area (Å²) in [4.78, 5) is 2.55. The van der Waals surface area contributed by atoms with Crippen molar-refractivity contribution in [1.82, 2.24) is 4.90 Å². The summed E-state index contributed by atoms with van der Waals surface area (Å²) in [6.07, 6.45) is 8.86. The Hall–Kier alpha value is -0.550. The van der Waals surface area contributed by atoms with Gasteiger partial charge in [0, 0.05) is 19.0 Å². The van der Waals surface area contributed by atoms with Crippen molar-refractivity contribution in [1.29, 1.82) is 5.26 Å². The summed E-state index contributed by atoms with van der Waals surface area (Å²) in [6.45, 7) is 3.54. The van der Waals surface area contributed by atoms with E-state index in [1.54, 1.807) is 0 Å². The first-order valence-corrected chi connectivity index (χ1v) is 6.74. The van der Waals surface area contributed by atoms with E-state index in [2.05, 4.69) is 24.9 Å². The monoisotopic (exact) mass is 220 g/mol. The molecule has 0 aromatic rings. The highest BCUT2D eigenvalue weighted by molar-refractivity contribution is 5.01. The van der Waals surface area contributed by atoms with Gasteiger partial charge in [-0.15, -0.1) is 0 Å². The molecule has 0 aromatic carbocycles. The van der Waals surface area contributed by atoms with Crippen LogP contribution in [0.15, 0.2) is 0 Å². The van der Waals surface area contributed by atoms with Crippen LogP contribution in [0.25, 0.3) is 0 Å². The molecule has 2 aliphatic carbocycles. The Morgan fingerprint density at radius 1 is 1.31 bits per heavy atom. The summed E-state index contributed by atoms with van der Waals surface area (Å²) in [5, 5.41) is 8.85. The van der Waals surface area contributed by atoms with Crippen LogP contribution >= 0.6 is 0 Å². The maximum atomic E-state index is 8.85. The van der Waals surface area contributed by atoms with Crippen LogP contribution in [0.1, 0.15) is 51.9 Å². The fourth-order valence-corrected chi connectivity index (χ4v) is 3.33. The molecular formula is C14H24N2. The number of nitrogens with zero attached hydrogens (tertiary/aromatic N) is 2. The third-order valence-electron chi connectivity index (χ3n) is 4.63. The minimum absolute atomic E-state index is 0.376. The second-order valence-corrected chi connectivity index (χ2v) is 6.08.